The van der Waals surface area contributed by atoms with Gasteiger partial charge in [0.1, 0.15) is 0 Å². The van der Waals surface area contributed by atoms with Crippen LogP contribution in [0.25, 0.3) is 32.9 Å². The zero-order valence-corrected chi connectivity index (χ0v) is 18.9. The number of aryl methyl sites for hydroxylation is 2. The molecule has 6 heteroatoms. The molecular weight excluding hydrogens is 424 g/mol. The van der Waals surface area contributed by atoms with E-state index in [9.17, 15) is 9.59 Å². The van der Waals surface area contributed by atoms with Crippen molar-refractivity contribution in [3.05, 3.63) is 129 Å². The minimum atomic E-state index is -0.0735. The highest BCUT2D eigenvalue weighted by atomic mass is 16.1. The third-order valence-corrected chi connectivity index (χ3v) is 5.75. The molecular formula is C28H24N4O2. The maximum atomic E-state index is 11.7. The lowest BCUT2D eigenvalue weighted by Gasteiger charge is -2.06. The van der Waals surface area contributed by atoms with Crippen LogP contribution in [0.15, 0.2) is 107 Å². The van der Waals surface area contributed by atoms with Crippen molar-refractivity contribution in [3.8, 4) is 11.4 Å². The Hall–Kier alpha value is -4.58. The Morgan fingerprint density at radius 3 is 1.56 bits per heavy atom. The molecule has 6 aromatic rings. The number of benzene rings is 4. The van der Waals surface area contributed by atoms with Crippen LogP contribution >= 0.6 is 0 Å². The highest BCUT2D eigenvalue weighted by Crippen LogP contribution is 2.19. The minimum Gasteiger partial charge on any atom is -0.295 e. The molecule has 0 fully saturated rings. The summed E-state index contributed by atoms with van der Waals surface area (Å²) in [5.41, 5.74) is 3.51. The van der Waals surface area contributed by atoms with E-state index >= 15 is 0 Å². The zero-order chi connectivity index (χ0) is 23.7. The second-order valence-electron chi connectivity index (χ2n) is 8.27. The molecule has 0 aliphatic carbocycles. The van der Waals surface area contributed by atoms with Crippen molar-refractivity contribution in [3.63, 3.8) is 0 Å². The Kier molecular flexibility index (Phi) is 5.47. The number of nitrogens with one attached hydrogen (secondary N) is 2. The monoisotopic (exact) mass is 448 g/mol. The van der Waals surface area contributed by atoms with Gasteiger partial charge in [-0.05, 0) is 59.7 Å². The van der Waals surface area contributed by atoms with Crippen LogP contribution in [0, 0.1) is 13.8 Å². The molecule has 0 radical (unpaired) electrons. The van der Waals surface area contributed by atoms with Crippen LogP contribution in [-0.4, -0.2) is 19.6 Å². The van der Waals surface area contributed by atoms with Gasteiger partial charge in [-0.3, -0.25) is 24.5 Å². The average Bonchev–Trinajstić information content (AvgIpc) is 3.38. The second kappa shape index (κ2) is 8.75. The number of aromatic nitrogens is 4. The number of rotatable bonds is 2. The van der Waals surface area contributed by atoms with Gasteiger partial charge < -0.3 is 0 Å². The largest absolute Gasteiger partial charge is 0.295 e. The van der Waals surface area contributed by atoms with Crippen LogP contribution in [0.3, 0.4) is 0 Å². The summed E-state index contributed by atoms with van der Waals surface area (Å²) in [6.07, 6.45) is 0. The smallest absolute Gasteiger partial charge is 0.271 e. The maximum absolute atomic E-state index is 11.7. The lowest BCUT2D eigenvalue weighted by molar-refractivity contribution is 0.836. The predicted molar refractivity (Wildman–Crippen MR) is 137 cm³/mol. The maximum Gasteiger partial charge on any atom is 0.271 e. The number of nitrogens with zero attached hydrogens (tertiary/aromatic N) is 2. The fraction of sp³-hybridized carbons (Fsp3) is 0.0714. The van der Waals surface area contributed by atoms with Crippen LogP contribution in [0.2, 0.25) is 0 Å². The lowest BCUT2D eigenvalue weighted by Crippen LogP contribution is -2.13. The van der Waals surface area contributed by atoms with E-state index in [-0.39, 0.29) is 11.1 Å². The molecule has 0 saturated carbocycles. The van der Waals surface area contributed by atoms with Gasteiger partial charge in [0, 0.05) is 23.5 Å². The summed E-state index contributed by atoms with van der Waals surface area (Å²) in [4.78, 5) is 23.0. The molecule has 0 aliphatic heterocycles. The second-order valence-corrected chi connectivity index (χ2v) is 8.27. The number of fused-ring (bicyclic) bond motifs is 2. The van der Waals surface area contributed by atoms with Gasteiger partial charge in [0.2, 0.25) is 0 Å². The Bertz CT molecular complexity index is 1730. The standard InChI is InChI=1S/2C14H12N2O/c1-10-8-14(17)15-16(10)13-7-6-11-4-2-3-5-12(11)9-13;1-10-8-14(17)16(15-10)13-7-6-11-4-2-3-5-12(11)9-13/h2-9H,1H3,(H,15,17);2-9,15H,1H3. The lowest BCUT2D eigenvalue weighted by atomic mass is 10.1. The van der Waals surface area contributed by atoms with E-state index < -0.39 is 0 Å². The van der Waals surface area contributed by atoms with Crippen LogP contribution in [0.1, 0.15) is 11.4 Å². The molecule has 6 rings (SSSR count). The molecule has 0 bridgehead atoms. The van der Waals surface area contributed by atoms with Crippen LogP contribution in [0.4, 0.5) is 0 Å². The molecule has 168 valence electrons. The highest BCUT2D eigenvalue weighted by molar-refractivity contribution is 5.85. The molecule has 2 aromatic heterocycles. The SMILES string of the molecule is Cc1cc(=O)[nH]n1-c1ccc2ccccc2c1.Cc1cc(=O)n(-c2ccc3ccccc3c2)[nH]1. The summed E-state index contributed by atoms with van der Waals surface area (Å²) in [6.45, 7) is 3.78. The molecule has 0 unspecified atom stereocenters. The Labute approximate surface area is 195 Å². The van der Waals surface area contributed by atoms with Crippen LogP contribution in [-0.2, 0) is 0 Å². The summed E-state index contributed by atoms with van der Waals surface area (Å²) >= 11 is 0. The fourth-order valence-electron chi connectivity index (χ4n) is 4.09. The predicted octanol–water partition coefficient (Wildman–Crippen LogP) is 5.25. The van der Waals surface area contributed by atoms with Crippen molar-refractivity contribution in [1.29, 1.82) is 0 Å². The van der Waals surface area contributed by atoms with Gasteiger partial charge in [-0.25, -0.2) is 4.68 Å². The van der Waals surface area contributed by atoms with Crippen LogP contribution < -0.4 is 11.1 Å². The molecule has 0 saturated heterocycles. The summed E-state index contributed by atoms with van der Waals surface area (Å²) in [5, 5.41) is 10.5. The molecule has 0 spiro atoms. The van der Waals surface area contributed by atoms with E-state index in [1.807, 2.05) is 68.4 Å². The summed E-state index contributed by atoms with van der Waals surface area (Å²) < 4.78 is 3.36. The normalized spacial score (nSPS) is 10.9. The van der Waals surface area contributed by atoms with Gasteiger partial charge in [0.25, 0.3) is 11.1 Å². The van der Waals surface area contributed by atoms with E-state index in [4.69, 9.17) is 0 Å². The Morgan fingerprint density at radius 1 is 0.559 bits per heavy atom. The van der Waals surface area contributed by atoms with Gasteiger partial charge in [-0.1, -0.05) is 60.7 Å². The first-order chi connectivity index (χ1) is 16.5. The molecule has 6 nitrogen and oxygen atoms in total. The van der Waals surface area contributed by atoms with Crippen LogP contribution in [0.5, 0.6) is 0 Å². The average molecular weight is 449 g/mol. The zero-order valence-electron chi connectivity index (χ0n) is 18.9. The summed E-state index contributed by atoms with van der Waals surface area (Å²) in [6, 6.07) is 31.6. The molecule has 0 aliphatic rings. The van der Waals surface area contributed by atoms with Crippen molar-refractivity contribution in [2.75, 3.05) is 0 Å². The van der Waals surface area contributed by atoms with Crippen molar-refractivity contribution in [1.82, 2.24) is 19.6 Å². The Morgan fingerprint density at radius 2 is 1.09 bits per heavy atom. The quantitative estimate of drug-likeness (QED) is 0.379. The first-order valence-electron chi connectivity index (χ1n) is 11.0. The van der Waals surface area contributed by atoms with E-state index in [2.05, 4.69) is 40.5 Å². The third kappa shape index (κ3) is 4.21. The Balaban J connectivity index is 0.000000142. The first kappa shape index (κ1) is 21.3. The number of hydrogen-bond donors (Lipinski definition) is 2. The van der Waals surface area contributed by atoms with E-state index in [1.54, 1.807) is 21.5 Å². The first-order valence-corrected chi connectivity index (χ1v) is 11.0. The number of hydrogen-bond acceptors (Lipinski definition) is 2. The topological polar surface area (TPSA) is 75.6 Å². The van der Waals surface area contributed by atoms with E-state index in [1.165, 1.54) is 16.2 Å². The van der Waals surface area contributed by atoms with Crippen molar-refractivity contribution in [2.45, 2.75) is 13.8 Å². The summed E-state index contributed by atoms with van der Waals surface area (Å²) in [7, 11) is 0. The summed E-state index contributed by atoms with van der Waals surface area (Å²) in [5.74, 6) is 0. The molecule has 0 amide bonds. The van der Waals surface area contributed by atoms with Gasteiger partial charge in [0.05, 0.1) is 11.4 Å². The molecule has 2 N–H and O–H groups in total. The molecule has 0 atom stereocenters. The fourth-order valence-corrected chi connectivity index (χ4v) is 4.09. The van der Waals surface area contributed by atoms with Crippen molar-refractivity contribution in [2.24, 2.45) is 0 Å². The van der Waals surface area contributed by atoms with Gasteiger partial charge >= 0.3 is 0 Å². The molecule has 34 heavy (non-hydrogen) atoms. The van der Waals surface area contributed by atoms with Crippen molar-refractivity contribution < 1.29 is 0 Å². The van der Waals surface area contributed by atoms with Gasteiger partial charge in [-0.15, -0.1) is 0 Å². The van der Waals surface area contributed by atoms with Crippen molar-refractivity contribution >= 4 is 21.5 Å². The molecule has 4 aromatic carbocycles. The number of H-pyrrole nitrogens is 2. The van der Waals surface area contributed by atoms with E-state index in [0.29, 0.717) is 0 Å². The third-order valence-electron chi connectivity index (χ3n) is 5.75. The molecule has 2 heterocycles. The van der Waals surface area contributed by atoms with E-state index in [0.717, 1.165) is 28.1 Å². The van der Waals surface area contributed by atoms with Gasteiger partial charge in [-0.2, -0.15) is 0 Å². The highest BCUT2D eigenvalue weighted by Gasteiger charge is 2.04. The number of aromatic amines is 2. The van der Waals surface area contributed by atoms with Gasteiger partial charge in [0.15, 0.2) is 0 Å². The minimum absolute atomic E-state index is 0.0298.